The Hall–Kier alpha value is -2.74. The lowest BCUT2D eigenvalue weighted by molar-refractivity contribution is -0.116. The quantitative estimate of drug-likeness (QED) is 0.803. The van der Waals surface area contributed by atoms with Crippen LogP contribution >= 0.6 is 11.3 Å². The molecular formula is C16H15N3O4S. The average Bonchev–Trinajstić information content (AvgIpc) is 3.00. The minimum absolute atomic E-state index is 0.0257. The maximum absolute atomic E-state index is 12.0. The van der Waals surface area contributed by atoms with Crippen LogP contribution in [0.2, 0.25) is 0 Å². The van der Waals surface area contributed by atoms with Crippen molar-refractivity contribution in [1.82, 2.24) is 9.88 Å². The van der Waals surface area contributed by atoms with Crippen LogP contribution in [0.5, 0.6) is 0 Å². The number of benzene rings is 1. The van der Waals surface area contributed by atoms with Crippen LogP contribution in [0.25, 0.3) is 0 Å². The summed E-state index contributed by atoms with van der Waals surface area (Å²) in [6.07, 6.45) is 0.789. The fraction of sp³-hybridized carbons (Fsp3) is 0.250. The van der Waals surface area contributed by atoms with E-state index < -0.39 is 11.8 Å². The Bertz CT molecular complexity index is 897. The second-order valence-electron chi connectivity index (χ2n) is 5.49. The molecule has 0 bridgehead atoms. The third kappa shape index (κ3) is 3.13. The smallest absolute Gasteiger partial charge is 0.307 e. The van der Waals surface area contributed by atoms with E-state index in [-0.39, 0.29) is 22.8 Å². The zero-order chi connectivity index (χ0) is 17.3. The largest absolute Gasteiger partial charge is 0.326 e. The number of hydrogen-bond acceptors (Lipinski definition) is 5. The molecule has 0 saturated carbocycles. The van der Waals surface area contributed by atoms with E-state index in [0.717, 1.165) is 17.0 Å². The molecule has 0 saturated heterocycles. The van der Waals surface area contributed by atoms with Crippen molar-refractivity contribution in [1.29, 1.82) is 0 Å². The van der Waals surface area contributed by atoms with E-state index in [0.29, 0.717) is 24.2 Å². The Labute approximate surface area is 141 Å². The molecule has 124 valence electrons. The summed E-state index contributed by atoms with van der Waals surface area (Å²) >= 11 is 1.15. The first-order valence-corrected chi connectivity index (χ1v) is 8.28. The molecule has 1 aromatic carbocycles. The Morgan fingerprint density at radius 2 is 1.96 bits per heavy atom. The topological polar surface area (TPSA) is 97.3 Å². The van der Waals surface area contributed by atoms with E-state index >= 15 is 0 Å². The fourth-order valence-electron chi connectivity index (χ4n) is 2.54. The lowest BCUT2D eigenvalue weighted by atomic mass is 10.1. The number of carbonyl (C=O) groups is 3. The van der Waals surface area contributed by atoms with Gasteiger partial charge in [-0.1, -0.05) is 11.3 Å². The van der Waals surface area contributed by atoms with E-state index in [1.807, 2.05) is 6.92 Å². The lowest BCUT2D eigenvalue weighted by Crippen LogP contribution is -2.19. The predicted molar refractivity (Wildman–Crippen MR) is 89.4 cm³/mol. The van der Waals surface area contributed by atoms with Gasteiger partial charge in [-0.3, -0.25) is 24.5 Å². The van der Waals surface area contributed by atoms with Crippen molar-refractivity contribution in [2.24, 2.45) is 0 Å². The number of aromatic nitrogens is 1. The first-order chi connectivity index (χ1) is 11.5. The van der Waals surface area contributed by atoms with Gasteiger partial charge in [0.1, 0.15) is 0 Å². The SMILES string of the molecule is Cc1csc(=O)n1CCCC(=O)Nc1ccc2c(c1)C(=O)NC2=O. The summed E-state index contributed by atoms with van der Waals surface area (Å²) in [6, 6.07) is 4.59. The van der Waals surface area contributed by atoms with Crippen molar-refractivity contribution in [3.05, 3.63) is 50.1 Å². The Kier molecular flexibility index (Phi) is 4.30. The average molecular weight is 345 g/mol. The molecule has 0 aliphatic carbocycles. The Balaban J connectivity index is 1.58. The van der Waals surface area contributed by atoms with Gasteiger partial charge >= 0.3 is 4.87 Å². The molecule has 3 amide bonds. The number of rotatable bonds is 5. The van der Waals surface area contributed by atoms with Crippen LogP contribution in [-0.4, -0.2) is 22.3 Å². The molecule has 24 heavy (non-hydrogen) atoms. The highest BCUT2D eigenvalue weighted by atomic mass is 32.1. The van der Waals surface area contributed by atoms with Gasteiger partial charge in [-0.2, -0.15) is 0 Å². The van der Waals surface area contributed by atoms with Crippen molar-refractivity contribution in [3.8, 4) is 0 Å². The van der Waals surface area contributed by atoms with Crippen LogP contribution in [-0.2, 0) is 11.3 Å². The minimum Gasteiger partial charge on any atom is -0.326 e. The van der Waals surface area contributed by atoms with Gasteiger partial charge in [0.2, 0.25) is 5.91 Å². The summed E-state index contributed by atoms with van der Waals surface area (Å²) in [5.74, 6) is -1.09. The third-order valence-electron chi connectivity index (χ3n) is 3.78. The third-order valence-corrected chi connectivity index (χ3v) is 4.66. The number of thiazole rings is 1. The first-order valence-electron chi connectivity index (χ1n) is 7.40. The fourth-order valence-corrected chi connectivity index (χ4v) is 3.30. The highest BCUT2D eigenvalue weighted by Gasteiger charge is 2.26. The van der Waals surface area contributed by atoms with Crippen molar-refractivity contribution in [2.45, 2.75) is 26.3 Å². The molecule has 3 rings (SSSR count). The van der Waals surface area contributed by atoms with E-state index in [4.69, 9.17) is 0 Å². The molecule has 0 radical (unpaired) electrons. The van der Waals surface area contributed by atoms with Gasteiger partial charge in [0, 0.05) is 29.7 Å². The molecule has 8 heteroatoms. The van der Waals surface area contributed by atoms with Crippen molar-refractivity contribution in [3.63, 3.8) is 0 Å². The summed E-state index contributed by atoms with van der Waals surface area (Å²) in [4.78, 5) is 46.6. The molecule has 0 fully saturated rings. The van der Waals surface area contributed by atoms with Crippen LogP contribution in [0, 0.1) is 6.92 Å². The molecule has 0 spiro atoms. The Morgan fingerprint density at radius 1 is 1.21 bits per heavy atom. The highest BCUT2D eigenvalue weighted by molar-refractivity contribution is 7.07. The van der Waals surface area contributed by atoms with E-state index in [9.17, 15) is 19.2 Å². The maximum Gasteiger partial charge on any atom is 0.307 e. The van der Waals surface area contributed by atoms with Crippen LogP contribution < -0.4 is 15.5 Å². The number of imide groups is 1. The monoisotopic (exact) mass is 345 g/mol. The number of amides is 3. The molecule has 1 aliphatic rings. The van der Waals surface area contributed by atoms with Crippen LogP contribution in [0.1, 0.15) is 39.3 Å². The lowest BCUT2D eigenvalue weighted by Gasteiger charge is -2.07. The van der Waals surface area contributed by atoms with Gasteiger partial charge in [0.15, 0.2) is 0 Å². The number of nitrogens with zero attached hydrogens (tertiary/aromatic N) is 1. The zero-order valence-corrected chi connectivity index (χ0v) is 13.7. The highest BCUT2D eigenvalue weighted by Crippen LogP contribution is 2.20. The van der Waals surface area contributed by atoms with Gasteiger partial charge in [0.05, 0.1) is 11.1 Å². The standard InChI is InChI=1S/C16H15N3O4S/c1-9-8-24-16(23)19(9)6-2-3-13(20)17-10-4-5-11-12(7-10)15(22)18-14(11)21/h4-5,7-8H,2-3,6H2,1H3,(H,17,20)(H,18,21,22). The van der Waals surface area contributed by atoms with Gasteiger partial charge in [-0.25, -0.2) is 0 Å². The van der Waals surface area contributed by atoms with Crippen LogP contribution in [0.4, 0.5) is 5.69 Å². The molecule has 0 unspecified atom stereocenters. The van der Waals surface area contributed by atoms with E-state index in [1.54, 1.807) is 16.0 Å². The number of aryl methyl sites for hydroxylation is 1. The zero-order valence-electron chi connectivity index (χ0n) is 12.9. The van der Waals surface area contributed by atoms with Crippen molar-refractivity contribution < 1.29 is 14.4 Å². The van der Waals surface area contributed by atoms with Crippen LogP contribution in [0.15, 0.2) is 28.4 Å². The number of nitrogens with one attached hydrogen (secondary N) is 2. The van der Waals surface area contributed by atoms with E-state index in [2.05, 4.69) is 10.6 Å². The Morgan fingerprint density at radius 3 is 2.67 bits per heavy atom. The molecule has 2 heterocycles. The van der Waals surface area contributed by atoms with Crippen LogP contribution in [0.3, 0.4) is 0 Å². The number of hydrogen-bond donors (Lipinski definition) is 2. The van der Waals surface area contributed by atoms with Crippen molar-refractivity contribution in [2.75, 3.05) is 5.32 Å². The molecule has 1 aliphatic heterocycles. The maximum atomic E-state index is 12.0. The summed E-state index contributed by atoms with van der Waals surface area (Å²) in [6.45, 7) is 2.34. The summed E-state index contributed by atoms with van der Waals surface area (Å²) in [7, 11) is 0. The number of fused-ring (bicyclic) bond motifs is 1. The van der Waals surface area contributed by atoms with E-state index in [1.165, 1.54) is 12.1 Å². The van der Waals surface area contributed by atoms with Crippen molar-refractivity contribution >= 4 is 34.7 Å². The predicted octanol–water partition coefficient (Wildman–Crippen LogP) is 1.52. The van der Waals surface area contributed by atoms with Gasteiger partial charge in [-0.15, -0.1) is 0 Å². The second kappa shape index (κ2) is 6.40. The summed E-state index contributed by atoms with van der Waals surface area (Å²) in [5.41, 5.74) is 1.93. The molecular weight excluding hydrogens is 330 g/mol. The minimum atomic E-state index is -0.460. The molecule has 7 nitrogen and oxygen atoms in total. The normalized spacial score (nSPS) is 12.9. The number of anilines is 1. The molecule has 0 atom stereocenters. The van der Waals surface area contributed by atoms with Gasteiger partial charge < -0.3 is 9.88 Å². The summed E-state index contributed by atoms with van der Waals surface area (Å²) < 4.78 is 1.64. The first kappa shape index (κ1) is 16.1. The molecule has 2 aromatic rings. The molecule has 2 N–H and O–H groups in total. The second-order valence-corrected chi connectivity index (χ2v) is 6.31. The molecule has 1 aromatic heterocycles. The number of carbonyl (C=O) groups excluding carboxylic acids is 3. The van der Waals surface area contributed by atoms with Gasteiger partial charge in [0.25, 0.3) is 11.8 Å². The summed E-state index contributed by atoms with van der Waals surface area (Å²) in [5, 5.41) is 6.69. The van der Waals surface area contributed by atoms with Gasteiger partial charge in [-0.05, 0) is 31.5 Å².